The highest BCUT2D eigenvalue weighted by Gasteiger charge is 2.38. The average molecular weight is 471 g/mol. The SMILES string of the molecule is Cc1sc([C@H]2C(C#N)=C(N)OC3=C2C(=O)CCC3)cc1COc1ccc(Br)cc1. The number of Topliss-reactive ketones (excluding diaryl/α,β-unsaturated/α-hetero) is 1. The molecule has 4 rings (SSSR count). The third-order valence-electron chi connectivity index (χ3n) is 5.14. The Labute approximate surface area is 181 Å². The number of benzene rings is 1. The lowest BCUT2D eigenvalue weighted by atomic mass is 9.80. The third kappa shape index (κ3) is 3.83. The maximum atomic E-state index is 12.7. The quantitative estimate of drug-likeness (QED) is 0.662. The number of rotatable bonds is 4. The summed E-state index contributed by atoms with van der Waals surface area (Å²) in [6, 6.07) is 11.8. The molecule has 5 nitrogen and oxygen atoms in total. The first-order valence-corrected chi connectivity index (χ1v) is 10.9. The molecular weight excluding hydrogens is 452 g/mol. The lowest BCUT2D eigenvalue weighted by molar-refractivity contribution is -0.116. The lowest BCUT2D eigenvalue weighted by Crippen LogP contribution is -2.27. The number of nitrogens with zero attached hydrogens (tertiary/aromatic N) is 1. The van der Waals surface area contributed by atoms with E-state index >= 15 is 0 Å². The third-order valence-corrected chi connectivity index (χ3v) is 6.82. The van der Waals surface area contributed by atoms with Crippen LogP contribution in [0.2, 0.25) is 0 Å². The molecule has 0 fully saturated rings. The maximum Gasteiger partial charge on any atom is 0.205 e. The molecule has 0 radical (unpaired) electrons. The van der Waals surface area contributed by atoms with Gasteiger partial charge in [0.25, 0.3) is 0 Å². The molecule has 1 aliphatic heterocycles. The number of thiophene rings is 1. The Morgan fingerprint density at radius 1 is 1.34 bits per heavy atom. The van der Waals surface area contributed by atoms with E-state index < -0.39 is 5.92 Å². The molecule has 0 saturated carbocycles. The molecule has 148 valence electrons. The number of ether oxygens (including phenoxy) is 2. The monoisotopic (exact) mass is 470 g/mol. The second-order valence-electron chi connectivity index (χ2n) is 7.01. The summed E-state index contributed by atoms with van der Waals surface area (Å²) >= 11 is 4.98. The number of ketones is 1. The van der Waals surface area contributed by atoms with Crippen LogP contribution in [0.5, 0.6) is 5.75 Å². The number of nitriles is 1. The Hall–Kier alpha value is -2.56. The van der Waals surface area contributed by atoms with Gasteiger partial charge in [0.2, 0.25) is 5.88 Å². The van der Waals surface area contributed by atoms with E-state index in [-0.39, 0.29) is 11.7 Å². The van der Waals surface area contributed by atoms with Crippen LogP contribution in [0.3, 0.4) is 0 Å². The Kier molecular flexibility index (Phi) is 5.48. The van der Waals surface area contributed by atoms with Crippen molar-refractivity contribution in [1.29, 1.82) is 5.26 Å². The van der Waals surface area contributed by atoms with Gasteiger partial charge in [0, 0.05) is 38.2 Å². The van der Waals surface area contributed by atoms with Crippen LogP contribution in [0, 0.1) is 18.3 Å². The van der Waals surface area contributed by atoms with E-state index in [1.165, 1.54) is 0 Å². The van der Waals surface area contributed by atoms with Gasteiger partial charge in [-0.3, -0.25) is 4.79 Å². The zero-order valence-corrected chi connectivity index (χ0v) is 18.2. The van der Waals surface area contributed by atoms with Crippen LogP contribution in [-0.2, 0) is 16.1 Å². The van der Waals surface area contributed by atoms with Gasteiger partial charge in [0.1, 0.15) is 29.8 Å². The highest BCUT2D eigenvalue weighted by molar-refractivity contribution is 9.10. The van der Waals surface area contributed by atoms with Crippen molar-refractivity contribution in [1.82, 2.24) is 0 Å². The molecule has 2 N–H and O–H groups in total. The first-order valence-electron chi connectivity index (χ1n) is 9.29. The minimum atomic E-state index is -0.457. The Morgan fingerprint density at radius 3 is 2.83 bits per heavy atom. The van der Waals surface area contributed by atoms with Gasteiger partial charge in [0.05, 0.1) is 5.92 Å². The molecule has 2 aromatic rings. The number of hydrogen-bond donors (Lipinski definition) is 1. The zero-order valence-electron chi connectivity index (χ0n) is 15.8. The summed E-state index contributed by atoms with van der Waals surface area (Å²) in [5.41, 5.74) is 7.95. The minimum Gasteiger partial charge on any atom is -0.489 e. The Balaban J connectivity index is 1.66. The number of carbonyl (C=O) groups is 1. The minimum absolute atomic E-state index is 0.0372. The van der Waals surface area contributed by atoms with Crippen LogP contribution < -0.4 is 10.5 Å². The van der Waals surface area contributed by atoms with Gasteiger partial charge in [0.15, 0.2) is 5.78 Å². The summed E-state index contributed by atoms with van der Waals surface area (Å²) in [5, 5.41) is 9.69. The second-order valence-corrected chi connectivity index (χ2v) is 9.21. The molecule has 0 bridgehead atoms. The normalized spacial score (nSPS) is 18.9. The predicted molar refractivity (Wildman–Crippen MR) is 114 cm³/mol. The summed E-state index contributed by atoms with van der Waals surface area (Å²) in [7, 11) is 0. The molecule has 1 atom stereocenters. The predicted octanol–water partition coefficient (Wildman–Crippen LogP) is 5.21. The fourth-order valence-corrected chi connectivity index (χ4v) is 5.08. The molecule has 1 aromatic heterocycles. The average Bonchev–Trinajstić information content (AvgIpc) is 3.07. The van der Waals surface area contributed by atoms with E-state index in [2.05, 4.69) is 22.0 Å². The van der Waals surface area contributed by atoms with E-state index in [9.17, 15) is 10.1 Å². The Morgan fingerprint density at radius 2 is 2.10 bits per heavy atom. The van der Waals surface area contributed by atoms with E-state index in [1.807, 2.05) is 37.3 Å². The van der Waals surface area contributed by atoms with Crippen molar-refractivity contribution in [3.8, 4) is 11.8 Å². The van der Waals surface area contributed by atoms with E-state index in [0.717, 1.165) is 32.0 Å². The molecule has 0 saturated heterocycles. The first kappa shape index (κ1) is 19.7. The number of nitrogens with two attached hydrogens (primary N) is 1. The van der Waals surface area contributed by atoms with Crippen molar-refractivity contribution in [2.75, 3.05) is 0 Å². The number of hydrogen-bond acceptors (Lipinski definition) is 6. The molecule has 2 aliphatic rings. The molecule has 0 spiro atoms. The van der Waals surface area contributed by atoms with Gasteiger partial charge in [-0.15, -0.1) is 11.3 Å². The molecule has 0 unspecified atom stereocenters. The summed E-state index contributed by atoms with van der Waals surface area (Å²) in [4.78, 5) is 14.7. The highest BCUT2D eigenvalue weighted by Crippen LogP contribution is 2.45. The van der Waals surface area contributed by atoms with Gasteiger partial charge in [-0.2, -0.15) is 5.26 Å². The van der Waals surface area contributed by atoms with Crippen molar-refractivity contribution >= 4 is 33.0 Å². The fraction of sp³-hybridized carbons (Fsp3) is 0.273. The van der Waals surface area contributed by atoms with Crippen molar-refractivity contribution in [3.05, 3.63) is 72.9 Å². The number of aryl methyl sites for hydroxylation is 1. The summed E-state index contributed by atoms with van der Waals surface area (Å²) < 4.78 is 12.5. The molecular formula is C22H19BrN2O3S. The first-order chi connectivity index (χ1) is 14.0. The maximum absolute atomic E-state index is 12.7. The molecule has 7 heteroatoms. The van der Waals surface area contributed by atoms with Crippen molar-refractivity contribution in [2.45, 2.75) is 38.7 Å². The van der Waals surface area contributed by atoms with Gasteiger partial charge in [-0.1, -0.05) is 15.9 Å². The lowest BCUT2D eigenvalue weighted by Gasteiger charge is -2.30. The van der Waals surface area contributed by atoms with Gasteiger partial charge < -0.3 is 15.2 Å². The second kappa shape index (κ2) is 8.05. The zero-order chi connectivity index (χ0) is 20.5. The van der Waals surface area contributed by atoms with Gasteiger partial charge >= 0.3 is 0 Å². The van der Waals surface area contributed by atoms with Crippen molar-refractivity contribution < 1.29 is 14.3 Å². The molecule has 2 heterocycles. The van der Waals surface area contributed by atoms with E-state index in [4.69, 9.17) is 15.2 Å². The van der Waals surface area contributed by atoms with Crippen LogP contribution in [0.4, 0.5) is 0 Å². The summed E-state index contributed by atoms with van der Waals surface area (Å²) in [6.07, 6.45) is 1.89. The standard InChI is InChI=1S/C22H19BrN2O3S/c1-12-13(11-27-15-7-5-14(23)6-8-15)9-19(29-12)20-16(10-24)22(25)28-18-4-2-3-17(26)21(18)20/h5-9,20H,2-4,11,25H2,1H3/t20-/m1/s1. The van der Waals surface area contributed by atoms with Crippen LogP contribution in [0.25, 0.3) is 0 Å². The summed E-state index contributed by atoms with van der Waals surface area (Å²) in [5.74, 6) is 1.07. The van der Waals surface area contributed by atoms with Crippen LogP contribution in [0.1, 0.15) is 40.5 Å². The summed E-state index contributed by atoms with van der Waals surface area (Å²) in [6.45, 7) is 2.43. The van der Waals surface area contributed by atoms with E-state index in [0.29, 0.717) is 36.4 Å². The Bertz CT molecular complexity index is 1080. The molecule has 1 aliphatic carbocycles. The fourth-order valence-electron chi connectivity index (χ4n) is 3.66. The van der Waals surface area contributed by atoms with Crippen LogP contribution in [-0.4, -0.2) is 5.78 Å². The number of allylic oxidation sites excluding steroid dienone is 3. The van der Waals surface area contributed by atoms with Gasteiger partial charge in [-0.05, 0) is 43.7 Å². The van der Waals surface area contributed by atoms with Crippen molar-refractivity contribution in [3.63, 3.8) is 0 Å². The molecule has 1 aromatic carbocycles. The number of halogens is 1. The highest BCUT2D eigenvalue weighted by atomic mass is 79.9. The van der Waals surface area contributed by atoms with Crippen molar-refractivity contribution in [2.24, 2.45) is 5.73 Å². The molecule has 0 amide bonds. The molecule has 29 heavy (non-hydrogen) atoms. The smallest absolute Gasteiger partial charge is 0.205 e. The van der Waals surface area contributed by atoms with Crippen LogP contribution in [0.15, 0.2) is 57.6 Å². The largest absolute Gasteiger partial charge is 0.489 e. The topological polar surface area (TPSA) is 85.3 Å². The van der Waals surface area contributed by atoms with E-state index in [1.54, 1.807) is 11.3 Å². The van der Waals surface area contributed by atoms with Gasteiger partial charge in [-0.25, -0.2) is 0 Å². The van der Waals surface area contributed by atoms with Crippen LogP contribution >= 0.6 is 27.3 Å². The number of carbonyl (C=O) groups excluding carboxylic acids is 1.